The molecule has 1 aliphatic carbocycles. The van der Waals surface area contributed by atoms with Crippen LogP contribution < -0.4 is 0 Å². The van der Waals surface area contributed by atoms with Crippen LogP contribution in [0, 0.1) is 11.8 Å². The molecular formula is C16H28O4. The summed E-state index contributed by atoms with van der Waals surface area (Å²) in [6, 6.07) is 0. The first-order chi connectivity index (χ1) is 9.63. The van der Waals surface area contributed by atoms with E-state index in [9.17, 15) is 9.59 Å². The molecule has 0 bridgehead atoms. The van der Waals surface area contributed by atoms with Crippen molar-refractivity contribution in [3.8, 4) is 0 Å². The Morgan fingerprint density at radius 3 is 2.15 bits per heavy atom. The summed E-state index contributed by atoms with van der Waals surface area (Å²) in [5.74, 6) is 0.627. The summed E-state index contributed by atoms with van der Waals surface area (Å²) >= 11 is 0. The van der Waals surface area contributed by atoms with Crippen molar-refractivity contribution in [1.82, 2.24) is 0 Å². The molecule has 0 atom stereocenters. The van der Waals surface area contributed by atoms with Crippen molar-refractivity contribution in [2.75, 3.05) is 13.2 Å². The minimum atomic E-state index is -0.258. The predicted octanol–water partition coefficient (Wildman–Crippen LogP) is 3.48. The van der Waals surface area contributed by atoms with Gasteiger partial charge in [-0.3, -0.25) is 9.59 Å². The van der Waals surface area contributed by atoms with Crippen molar-refractivity contribution in [2.45, 2.75) is 65.2 Å². The van der Waals surface area contributed by atoms with Crippen LogP contribution in [-0.4, -0.2) is 25.2 Å². The zero-order valence-corrected chi connectivity index (χ0v) is 12.9. The smallest absolute Gasteiger partial charge is 0.308 e. The Balaban J connectivity index is 2.04. The minimum Gasteiger partial charge on any atom is -0.466 e. The second-order valence-electron chi connectivity index (χ2n) is 5.72. The molecule has 0 N–H and O–H groups in total. The lowest BCUT2D eigenvalue weighted by atomic mass is 9.80. The fourth-order valence-electron chi connectivity index (χ4n) is 2.81. The van der Waals surface area contributed by atoms with Crippen LogP contribution in [0.2, 0.25) is 0 Å². The van der Waals surface area contributed by atoms with E-state index < -0.39 is 0 Å². The lowest BCUT2D eigenvalue weighted by Crippen LogP contribution is -2.24. The third-order valence-corrected chi connectivity index (χ3v) is 3.97. The van der Waals surface area contributed by atoms with E-state index >= 15 is 0 Å². The van der Waals surface area contributed by atoms with E-state index in [1.54, 1.807) is 0 Å². The molecule has 1 fully saturated rings. The van der Waals surface area contributed by atoms with Gasteiger partial charge in [-0.1, -0.05) is 19.8 Å². The molecule has 116 valence electrons. The predicted molar refractivity (Wildman–Crippen MR) is 77.2 cm³/mol. The number of hydrogen-bond donors (Lipinski definition) is 0. The van der Waals surface area contributed by atoms with Gasteiger partial charge < -0.3 is 9.47 Å². The summed E-state index contributed by atoms with van der Waals surface area (Å²) in [6.45, 7) is 4.47. The molecule has 4 nitrogen and oxygen atoms in total. The van der Waals surface area contributed by atoms with Gasteiger partial charge >= 0.3 is 11.9 Å². The van der Waals surface area contributed by atoms with E-state index in [-0.39, 0.29) is 17.9 Å². The van der Waals surface area contributed by atoms with Crippen LogP contribution in [-0.2, 0) is 19.1 Å². The van der Waals surface area contributed by atoms with Crippen molar-refractivity contribution >= 4 is 11.9 Å². The molecule has 0 spiro atoms. The van der Waals surface area contributed by atoms with Gasteiger partial charge in [-0.25, -0.2) is 0 Å². The summed E-state index contributed by atoms with van der Waals surface area (Å²) in [5.41, 5.74) is 0. The van der Waals surface area contributed by atoms with Crippen molar-refractivity contribution in [1.29, 1.82) is 0 Å². The SMILES string of the molecule is CCCC1CCC(C(=O)OCCCCOC(C)=O)CC1. The average molecular weight is 284 g/mol. The molecule has 0 aromatic heterocycles. The van der Waals surface area contributed by atoms with Crippen LogP contribution >= 0.6 is 0 Å². The second-order valence-corrected chi connectivity index (χ2v) is 5.72. The first-order valence-electron chi connectivity index (χ1n) is 7.93. The van der Waals surface area contributed by atoms with Gasteiger partial charge in [0, 0.05) is 6.92 Å². The highest BCUT2D eigenvalue weighted by atomic mass is 16.5. The molecule has 0 aromatic rings. The van der Waals surface area contributed by atoms with Gasteiger partial charge in [-0.05, 0) is 44.4 Å². The average Bonchev–Trinajstić information content (AvgIpc) is 2.43. The topological polar surface area (TPSA) is 52.6 Å². The van der Waals surface area contributed by atoms with Crippen LogP contribution in [0.15, 0.2) is 0 Å². The van der Waals surface area contributed by atoms with Crippen molar-refractivity contribution < 1.29 is 19.1 Å². The molecule has 1 rings (SSSR count). The largest absolute Gasteiger partial charge is 0.466 e. The number of ether oxygens (including phenoxy) is 2. The minimum absolute atomic E-state index is 0.0348. The van der Waals surface area contributed by atoms with Gasteiger partial charge in [0.05, 0.1) is 19.1 Å². The molecule has 1 aliphatic rings. The van der Waals surface area contributed by atoms with Crippen LogP contribution in [0.25, 0.3) is 0 Å². The van der Waals surface area contributed by atoms with Crippen LogP contribution in [0.1, 0.15) is 65.2 Å². The zero-order chi connectivity index (χ0) is 14.8. The van der Waals surface area contributed by atoms with Crippen molar-refractivity contribution in [2.24, 2.45) is 11.8 Å². The maximum absolute atomic E-state index is 11.9. The number of rotatable bonds is 8. The molecule has 0 saturated heterocycles. The van der Waals surface area contributed by atoms with E-state index in [0.717, 1.165) is 31.6 Å². The zero-order valence-electron chi connectivity index (χ0n) is 12.9. The maximum atomic E-state index is 11.9. The Kier molecular flexibility index (Phi) is 8.31. The summed E-state index contributed by atoms with van der Waals surface area (Å²) in [4.78, 5) is 22.5. The molecular weight excluding hydrogens is 256 g/mol. The molecule has 4 heteroatoms. The van der Waals surface area contributed by atoms with Gasteiger partial charge in [0.25, 0.3) is 0 Å². The second kappa shape index (κ2) is 9.78. The van der Waals surface area contributed by atoms with Gasteiger partial charge in [0.2, 0.25) is 0 Å². The summed E-state index contributed by atoms with van der Waals surface area (Å²) in [6.07, 6.45) is 8.33. The Labute approximate surface area is 122 Å². The Morgan fingerprint density at radius 1 is 1.00 bits per heavy atom. The molecule has 0 aliphatic heterocycles. The van der Waals surface area contributed by atoms with Gasteiger partial charge in [-0.15, -0.1) is 0 Å². The molecule has 0 aromatic carbocycles. The highest BCUT2D eigenvalue weighted by molar-refractivity contribution is 5.72. The highest BCUT2D eigenvalue weighted by Crippen LogP contribution is 2.32. The summed E-state index contributed by atoms with van der Waals surface area (Å²) < 4.78 is 10.1. The monoisotopic (exact) mass is 284 g/mol. The van der Waals surface area contributed by atoms with Gasteiger partial charge in [-0.2, -0.15) is 0 Å². The Morgan fingerprint density at radius 2 is 1.60 bits per heavy atom. The molecule has 0 unspecified atom stereocenters. The molecule has 0 radical (unpaired) electrons. The van der Waals surface area contributed by atoms with Crippen molar-refractivity contribution in [3.63, 3.8) is 0 Å². The summed E-state index contributed by atoms with van der Waals surface area (Å²) in [5, 5.41) is 0. The number of unbranched alkanes of at least 4 members (excludes halogenated alkanes) is 1. The van der Waals surface area contributed by atoms with E-state index in [1.807, 2.05) is 0 Å². The quantitative estimate of drug-likeness (QED) is 0.506. The van der Waals surface area contributed by atoms with Gasteiger partial charge in [0.15, 0.2) is 0 Å². The first-order valence-corrected chi connectivity index (χ1v) is 7.93. The van der Waals surface area contributed by atoms with Gasteiger partial charge in [0.1, 0.15) is 0 Å². The van der Waals surface area contributed by atoms with Crippen molar-refractivity contribution in [3.05, 3.63) is 0 Å². The fraction of sp³-hybridized carbons (Fsp3) is 0.875. The van der Waals surface area contributed by atoms with E-state index in [2.05, 4.69) is 6.92 Å². The number of carbonyl (C=O) groups is 2. The third-order valence-electron chi connectivity index (χ3n) is 3.97. The normalized spacial score (nSPS) is 22.3. The Hall–Kier alpha value is -1.06. The molecule has 20 heavy (non-hydrogen) atoms. The lowest BCUT2D eigenvalue weighted by molar-refractivity contribution is -0.150. The third kappa shape index (κ3) is 6.92. The molecule has 0 heterocycles. The lowest BCUT2D eigenvalue weighted by Gasteiger charge is -2.26. The Bertz CT molecular complexity index is 293. The first kappa shape index (κ1) is 17.0. The number of carbonyl (C=O) groups excluding carboxylic acids is 2. The maximum Gasteiger partial charge on any atom is 0.308 e. The standard InChI is InChI=1S/C16H28O4/c1-3-6-14-7-9-15(10-8-14)16(18)20-12-5-4-11-19-13(2)17/h14-15H,3-12H2,1-2H3. The highest BCUT2D eigenvalue weighted by Gasteiger charge is 2.26. The van der Waals surface area contributed by atoms with Crippen LogP contribution in [0.4, 0.5) is 0 Å². The van der Waals surface area contributed by atoms with Crippen LogP contribution in [0.5, 0.6) is 0 Å². The van der Waals surface area contributed by atoms with E-state index in [1.165, 1.54) is 32.6 Å². The molecule has 1 saturated carbocycles. The van der Waals surface area contributed by atoms with E-state index in [0.29, 0.717) is 13.2 Å². The number of hydrogen-bond acceptors (Lipinski definition) is 4. The molecule has 0 amide bonds. The fourth-order valence-corrected chi connectivity index (χ4v) is 2.81. The summed E-state index contributed by atoms with van der Waals surface area (Å²) in [7, 11) is 0. The van der Waals surface area contributed by atoms with Crippen LogP contribution in [0.3, 0.4) is 0 Å². The van der Waals surface area contributed by atoms with E-state index in [4.69, 9.17) is 9.47 Å². The number of esters is 2.